The summed E-state index contributed by atoms with van der Waals surface area (Å²) in [5.41, 5.74) is 0.786. The Morgan fingerprint density at radius 3 is 2.61 bits per heavy atom. The third kappa shape index (κ3) is 3.74. The van der Waals surface area contributed by atoms with E-state index < -0.39 is 10.0 Å². The van der Waals surface area contributed by atoms with Crippen molar-refractivity contribution in [2.75, 3.05) is 17.9 Å². The molecule has 148 valence electrons. The van der Waals surface area contributed by atoms with Crippen molar-refractivity contribution in [3.05, 3.63) is 59.1 Å². The van der Waals surface area contributed by atoms with Crippen molar-refractivity contribution in [2.45, 2.75) is 36.3 Å². The van der Waals surface area contributed by atoms with Gasteiger partial charge in [0.2, 0.25) is 0 Å². The standard InChI is InChI=1S/C20H21ClN2O4S/c21-16-4-1-2-5-17(16)22-28(25,26)15-10-8-14(9-11-15)20(24)23-12-13-27-19-7-3-6-18(19)23/h1-2,4-5,8-11,18-19,22H,3,6-7,12-13H2. The van der Waals surface area contributed by atoms with Crippen molar-refractivity contribution in [1.29, 1.82) is 0 Å². The van der Waals surface area contributed by atoms with E-state index in [9.17, 15) is 13.2 Å². The number of fused-ring (bicyclic) bond motifs is 1. The molecule has 0 spiro atoms. The van der Waals surface area contributed by atoms with E-state index in [4.69, 9.17) is 16.3 Å². The number of halogens is 1. The second-order valence-electron chi connectivity index (χ2n) is 7.02. The smallest absolute Gasteiger partial charge is 0.261 e. The number of hydrogen-bond acceptors (Lipinski definition) is 4. The Labute approximate surface area is 169 Å². The van der Waals surface area contributed by atoms with Crippen molar-refractivity contribution in [1.82, 2.24) is 4.90 Å². The summed E-state index contributed by atoms with van der Waals surface area (Å²) < 4.78 is 33.4. The van der Waals surface area contributed by atoms with Gasteiger partial charge in [0.25, 0.3) is 15.9 Å². The summed E-state index contributed by atoms with van der Waals surface area (Å²) >= 11 is 6.03. The number of para-hydroxylation sites is 1. The van der Waals surface area contributed by atoms with E-state index in [0.29, 0.717) is 29.4 Å². The fraction of sp³-hybridized carbons (Fsp3) is 0.350. The highest BCUT2D eigenvalue weighted by atomic mass is 35.5. The molecule has 1 heterocycles. The van der Waals surface area contributed by atoms with Gasteiger partial charge in [-0.25, -0.2) is 8.42 Å². The number of benzene rings is 2. The molecule has 1 N–H and O–H groups in total. The minimum Gasteiger partial charge on any atom is -0.374 e. The molecular formula is C20H21ClN2O4S. The fourth-order valence-electron chi connectivity index (χ4n) is 3.87. The number of hydrogen-bond donors (Lipinski definition) is 1. The molecule has 2 aromatic rings. The third-order valence-corrected chi connectivity index (χ3v) is 6.98. The molecule has 1 aliphatic heterocycles. The van der Waals surface area contributed by atoms with Crippen LogP contribution in [-0.2, 0) is 14.8 Å². The van der Waals surface area contributed by atoms with Crippen LogP contribution in [0, 0.1) is 0 Å². The largest absolute Gasteiger partial charge is 0.374 e. The van der Waals surface area contributed by atoms with Gasteiger partial charge in [0.15, 0.2) is 0 Å². The number of rotatable bonds is 4. The van der Waals surface area contributed by atoms with Gasteiger partial charge in [-0.15, -0.1) is 0 Å². The summed E-state index contributed by atoms with van der Waals surface area (Å²) in [4.78, 5) is 14.9. The molecule has 1 aliphatic carbocycles. The van der Waals surface area contributed by atoms with Gasteiger partial charge < -0.3 is 9.64 Å². The Morgan fingerprint density at radius 1 is 1.11 bits per heavy atom. The van der Waals surface area contributed by atoms with Gasteiger partial charge in [-0.2, -0.15) is 0 Å². The quantitative estimate of drug-likeness (QED) is 0.820. The molecule has 2 aliphatic rings. The summed E-state index contributed by atoms with van der Waals surface area (Å²) in [7, 11) is -3.80. The van der Waals surface area contributed by atoms with Crippen LogP contribution >= 0.6 is 11.6 Å². The Bertz CT molecular complexity index is 978. The van der Waals surface area contributed by atoms with Gasteiger partial charge in [-0.05, 0) is 55.7 Å². The number of anilines is 1. The third-order valence-electron chi connectivity index (χ3n) is 5.27. The van der Waals surface area contributed by atoms with Gasteiger partial charge in [0.05, 0.1) is 34.4 Å². The Hall–Kier alpha value is -2.09. The lowest BCUT2D eigenvalue weighted by Gasteiger charge is -2.37. The molecular weight excluding hydrogens is 400 g/mol. The Balaban J connectivity index is 1.52. The zero-order valence-corrected chi connectivity index (χ0v) is 16.7. The van der Waals surface area contributed by atoms with Gasteiger partial charge in [-0.1, -0.05) is 23.7 Å². The highest BCUT2D eigenvalue weighted by molar-refractivity contribution is 7.92. The molecule has 6 nitrogen and oxygen atoms in total. The molecule has 0 bridgehead atoms. The van der Waals surface area contributed by atoms with Crippen molar-refractivity contribution >= 4 is 33.2 Å². The average molecular weight is 421 g/mol. The summed E-state index contributed by atoms with van der Waals surface area (Å²) in [5.74, 6) is -0.0804. The molecule has 28 heavy (non-hydrogen) atoms. The lowest BCUT2D eigenvalue weighted by molar-refractivity contribution is -0.0445. The van der Waals surface area contributed by atoms with Gasteiger partial charge >= 0.3 is 0 Å². The number of ether oxygens (including phenoxy) is 1. The van der Waals surface area contributed by atoms with E-state index in [1.807, 2.05) is 4.90 Å². The minimum absolute atomic E-state index is 0.0738. The Morgan fingerprint density at radius 2 is 1.86 bits per heavy atom. The van der Waals surface area contributed by atoms with Crippen LogP contribution < -0.4 is 4.72 Å². The van der Waals surface area contributed by atoms with E-state index in [0.717, 1.165) is 19.3 Å². The first-order valence-electron chi connectivity index (χ1n) is 9.26. The van der Waals surface area contributed by atoms with Crippen molar-refractivity contribution in [3.8, 4) is 0 Å². The molecule has 8 heteroatoms. The molecule has 0 radical (unpaired) electrons. The van der Waals surface area contributed by atoms with Crippen LogP contribution in [0.5, 0.6) is 0 Å². The zero-order valence-electron chi connectivity index (χ0n) is 15.2. The highest BCUT2D eigenvalue weighted by Gasteiger charge is 2.38. The second-order valence-corrected chi connectivity index (χ2v) is 9.11. The average Bonchev–Trinajstić information content (AvgIpc) is 3.18. The lowest BCUT2D eigenvalue weighted by Crippen LogP contribution is -2.51. The van der Waals surface area contributed by atoms with Crippen LogP contribution in [0.1, 0.15) is 29.6 Å². The number of amides is 1. The Kier molecular flexibility index (Phi) is 5.31. The number of carbonyl (C=O) groups is 1. The minimum atomic E-state index is -3.80. The van der Waals surface area contributed by atoms with Crippen molar-refractivity contribution < 1.29 is 17.9 Å². The highest BCUT2D eigenvalue weighted by Crippen LogP contribution is 2.31. The van der Waals surface area contributed by atoms with Crippen LogP contribution in [0.3, 0.4) is 0 Å². The first kappa shape index (κ1) is 19.2. The van der Waals surface area contributed by atoms with Crippen molar-refractivity contribution in [2.24, 2.45) is 0 Å². The van der Waals surface area contributed by atoms with Crippen molar-refractivity contribution in [3.63, 3.8) is 0 Å². The normalized spacial score (nSPS) is 22.0. The molecule has 2 unspecified atom stereocenters. The SMILES string of the molecule is O=C(c1ccc(S(=O)(=O)Nc2ccccc2Cl)cc1)N1CCOC2CCCC21. The lowest BCUT2D eigenvalue weighted by atomic mass is 10.1. The molecule has 2 atom stereocenters. The van der Waals surface area contributed by atoms with E-state index >= 15 is 0 Å². The molecule has 0 aromatic heterocycles. The molecule has 1 saturated heterocycles. The topological polar surface area (TPSA) is 75.7 Å². The monoisotopic (exact) mass is 420 g/mol. The maximum Gasteiger partial charge on any atom is 0.261 e. The zero-order chi connectivity index (χ0) is 19.7. The molecule has 2 fully saturated rings. The predicted molar refractivity (Wildman–Crippen MR) is 107 cm³/mol. The number of carbonyl (C=O) groups excluding carboxylic acids is 1. The summed E-state index contributed by atoms with van der Waals surface area (Å²) in [6, 6.07) is 12.7. The number of nitrogens with one attached hydrogen (secondary N) is 1. The molecule has 4 rings (SSSR count). The summed E-state index contributed by atoms with van der Waals surface area (Å²) in [6.45, 7) is 1.11. The maximum atomic E-state index is 12.9. The van der Waals surface area contributed by atoms with Crippen LogP contribution in [-0.4, -0.2) is 44.5 Å². The molecule has 2 aromatic carbocycles. The second kappa shape index (κ2) is 7.73. The van der Waals surface area contributed by atoms with E-state index in [1.54, 1.807) is 36.4 Å². The predicted octanol–water partition coefficient (Wildman–Crippen LogP) is 3.53. The number of nitrogens with zero attached hydrogens (tertiary/aromatic N) is 1. The van der Waals surface area contributed by atoms with Gasteiger partial charge in [0, 0.05) is 12.1 Å². The van der Waals surface area contributed by atoms with E-state index in [-0.39, 0.29) is 22.9 Å². The maximum absolute atomic E-state index is 12.9. The van der Waals surface area contributed by atoms with Crippen LogP contribution in [0.15, 0.2) is 53.4 Å². The van der Waals surface area contributed by atoms with E-state index in [1.165, 1.54) is 12.1 Å². The van der Waals surface area contributed by atoms with Crippen LogP contribution in [0.4, 0.5) is 5.69 Å². The first-order chi connectivity index (χ1) is 13.5. The fourth-order valence-corrected chi connectivity index (χ4v) is 5.19. The molecule has 1 amide bonds. The van der Waals surface area contributed by atoms with Crippen LogP contribution in [0.25, 0.3) is 0 Å². The number of morpholine rings is 1. The summed E-state index contributed by atoms with van der Waals surface area (Å²) in [6.07, 6.45) is 3.12. The first-order valence-corrected chi connectivity index (χ1v) is 11.1. The molecule has 1 saturated carbocycles. The van der Waals surface area contributed by atoms with Gasteiger partial charge in [-0.3, -0.25) is 9.52 Å². The van der Waals surface area contributed by atoms with Crippen LogP contribution in [0.2, 0.25) is 5.02 Å². The van der Waals surface area contributed by atoms with E-state index in [2.05, 4.69) is 4.72 Å². The van der Waals surface area contributed by atoms with Gasteiger partial charge in [0.1, 0.15) is 0 Å². The number of sulfonamides is 1. The summed E-state index contributed by atoms with van der Waals surface area (Å²) in [5, 5.41) is 0.316.